The molecule has 2 aromatic carbocycles. The van der Waals surface area contributed by atoms with Gasteiger partial charge in [-0.1, -0.05) is 30.3 Å². The van der Waals surface area contributed by atoms with Crippen LogP contribution in [0, 0.1) is 0 Å². The third-order valence-electron chi connectivity index (χ3n) is 4.46. The van der Waals surface area contributed by atoms with Crippen molar-refractivity contribution in [1.82, 2.24) is 5.32 Å². The Bertz CT molecular complexity index is 694. The molecular weight excluding hydrogens is 346 g/mol. The quantitative estimate of drug-likeness (QED) is 0.671. The van der Waals surface area contributed by atoms with E-state index in [1.165, 1.54) is 5.56 Å². The highest BCUT2D eigenvalue weighted by Gasteiger charge is 2.23. The molecule has 0 aromatic heterocycles. The predicted molar refractivity (Wildman–Crippen MR) is 108 cm³/mol. The van der Waals surface area contributed by atoms with Crippen LogP contribution in [0.25, 0.3) is 0 Å². The number of benzene rings is 2. The van der Waals surface area contributed by atoms with Crippen molar-refractivity contribution in [2.75, 3.05) is 38.7 Å². The number of methoxy groups -OCH3 is 1. The van der Waals surface area contributed by atoms with Gasteiger partial charge in [0.2, 0.25) is 0 Å². The van der Waals surface area contributed by atoms with Crippen molar-refractivity contribution < 1.29 is 14.4 Å². The SMILES string of the molecule is COc1ccc(NC(=S)NC[C@@H]2C[NH+](Cc3ccccc3)CCO2)cc1. The fraction of sp³-hybridized carbons (Fsp3) is 0.350. The van der Waals surface area contributed by atoms with E-state index in [-0.39, 0.29) is 6.10 Å². The van der Waals surface area contributed by atoms with Gasteiger partial charge in [0, 0.05) is 17.8 Å². The number of ether oxygens (including phenoxy) is 2. The Morgan fingerprint density at radius 2 is 1.96 bits per heavy atom. The number of hydrogen-bond acceptors (Lipinski definition) is 3. The fourth-order valence-corrected chi connectivity index (χ4v) is 3.29. The second kappa shape index (κ2) is 9.52. The van der Waals surface area contributed by atoms with E-state index in [4.69, 9.17) is 21.7 Å². The Hall–Kier alpha value is -2.15. The number of thiocarbonyl (C=S) groups is 1. The number of rotatable bonds is 6. The summed E-state index contributed by atoms with van der Waals surface area (Å²) in [5, 5.41) is 7.06. The van der Waals surface area contributed by atoms with Crippen LogP contribution in [-0.4, -0.2) is 44.6 Å². The first kappa shape index (κ1) is 18.6. The van der Waals surface area contributed by atoms with E-state index < -0.39 is 0 Å². The van der Waals surface area contributed by atoms with Gasteiger partial charge in [-0.3, -0.25) is 0 Å². The molecule has 1 aliphatic heterocycles. The van der Waals surface area contributed by atoms with Crippen LogP contribution in [0.5, 0.6) is 5.75 Å². The fourth-order valence-electron chi connectivity index (χ4n) is 3.09. The summed E-state index contributed by atoms with van der Waals surface area (Å²) < 4.78 is 11.0. The third kappa shape index (κ3) is 5.69. The molecule has 2 atom stereocenters. The van der Waals surface area contributed by atoms with Crippen LogP contribution in [0.3, 0.4) is 0 Å². The molecule has 6 heteroatoms. The highest BCUT2D eigenvalue weighted by Crippen LogP contribution is 2.14. The van der Waals surface area contributed by atoms with Gasteiger partial charge < -0.3 is 25.0 Å². The van der Waals surface area contributed by atoms with Crippen LogP contribution >= 0.6 is 12.2 Å². The Morgan fingerprint density at radius 1 is 1.19 bits per heavy atom. The summed E-state index contributed by atoms with van der Waals surface area (Å²) in [6, 6.07) is 18.3. The van der Waals surface area contributed by atoms with E-state index in [1.54, 1.807) is 12.0 Å². The Kier molecular flexibility index (Phi) is 6.82. The van der Waals surface area contributed by atoms with Crippen molar-refractivity contribution >= 4 is 23.0 Å². The van der Waals surface area contributed by atoms with E-state index in [0.29, 0.717) is 11.7 Å². The van der Waals surface area contributed by atoms with Crippen LogP contribution in [0.4, 0.5) is 5.69 Å². The minimum atomic E-state index is 0.165. The molecule has 1 fully saturated rings. The first-order valence-corrected chi connectivity index (χ1v) is 9.32. The zero-order valence-corrected chi connectivity index (χ0v) is 15.9. The summed E-state index contributed by atoms with van der Waals surface area (Å²) in [6.07, 6.45) is 0.165. The van der Waals surface area contributed by atoms with Gasteiger partial charge in [-0.25, -0.2) is 0 Å². The summed E-state index contributed by atoms with van der Waals surface area (Å²) >= 11 is 5.38. The number of hydrogen-bond donors (Lipinski definition) is 3. The molecular formula is C20H26N3O2S+. The maximum absolute atomic E-state index is 5.89. The highest BCUT2D eigenvalue weighted by atomic mass is 32.1. The molecule has 3 rings (SSSR count). The van der Waals surface area contributed by atoms with E-state index in [1.807, 2.05) is 24.3 Å². The van der Waals surface area contributed by atoms with Gasteiger partial charge in [-0.05, 0) is 36.5 Å². The van der Waals surface area contributed by atoms with Gasteiger partial charge in [0.15, 0.2) is 5.11 Å². The van der Waals surface area contributed by atoms with Crippen LogP contribution in [0.1, 0.15) is 5.56 Å². The Morgan fingerprint density at radius 3 is 2.69 bits per heavy atom. The molecule has 0 aliphatic carbocycles. The largest absolute Gasteiger partial charge is 0.497 e. The van der Waals surface area contributed by atoms with E-state index in [9.17, 15) is 0 Å². The smallest absolute Gasteiger partial charge is 0.170 e. The van der Waals surface area contributed by atoms with Crippen molar-refractivity contribution in [3.63, 3.8) is 0 Å². The first-order chi connectivity index (χ1) is 12.7. The van der Waals surface area contributed by atoms with Crippen molar-refractivity contribution in [3.05, 3.63) is 60.2 Å². The molecule has 1 saturated heterocycles. The predicted octanol–water partition coefficient (Wildman–Crippen LogP) is 1.47. The monoisotopic (exact) mass is 372 g/mol. The van der Waals surface area contributed by atoms with Gasteiger partial charge >= 0.3 is 0 Å². The molecule has 1 aliphatic rings. The number of anilines is 1. The van der Waals surface area contributed by atoms with Gasteiger partial charge in [0.25, 0.3) is 0 Å². The molecule has 3 N–H and O–H groups in total. The zero-order valence-electron chi connectivity index (χ0n) is 15.0. The number of quaternary nitrogens is 1. The third-order valence-corrected chi connectivity index (χ3v) is 4.71. The second-order valence-electron chi connectivity index (χ2n) is 6.42. The number of nitrogens with one attached hydrogen (secondary N) is 3. The van der Waals surface area contributed by atoms with Crippen molar-refractivity contribution in [2.24, 2.45) is 0 Å². The molecule has 0 radical (unpaired) electrons. The number of morpholine rings is 1. The molecule has 0 bridgehead atoms. The second-order valence-corrected chi connectivity index (χ2v) is 6.83. The standard InChI is InChI=1S/C20H25N3O2S/c1-24-18-9-7-17(8-10-18)22-20(26)21-13-19-15-23(11-12-25-19)14-16-5-3-2-4-6-16/h2-10,19H,11-15H2,1H3,(H2,21,22,26)/p+1/t19-/m1/s1. The molecule has 2 aromatic rings. The summed E-state index contributed by atoms with van der Waals surface area (Å²) in [4.78, 5) is 1.54. The van der Waals surface area contributed by atoms with Crippen molar-refractivity contribution in [2.45, 2.75) is 12.6 Å². The highest BCUT2D eigenvalue weighted by molar-refractivity contribution is 7.80. The first-order valence-electron chi connectivity index (χ1n) is 8.91. The summed E-state index contributed by atoms with van der Waals surface area (Å²) in [7, 11) is 1.65. The lowest BCUT2D eigenvalue weighted by molar-refractivity contribution is -0.925. The van der Waals surface area contributed by atoms with Gasteiger partial charge in [-0.2, -0.15) is 0 Å². The van der Waals surface area contributed by atoms with E-state index in [0.717, 1.165) is 37.7 Å². The molecule has 1 unspecified atom stereocenters. The van der Waals surface area contributed by atoms with Crippen LogP contribution < -0.4 is 20.3 Å². The molecule has 0 amide bonds. The summed E-state index contributed by atoms with van der Waals surface area (Å²) in [5.74, 6) is 0.825. The Labute approximate surface area is 160 Å². The lowest BCUT2D eigenvalue weighted by Crippen LogP contribution is -3.13. The lowest BCUT2D eigenvalue weighted by Gasteiger charge is -2.30. The molecule has 0 saturated carbocycles. The van der Waals surface area contributed by atoms with Gasteiger partial charge in [0.1, 0.15) is 31.5 Å². The zero-order chi connectivity index (χ0) is 18.2. The topological polar surface area (TPSA) is 47.0 Å². The minimum absolute atomic E-state index is 0.165. The molecule has 26 heavy (non-hydrogen) atoms. The lowest BCUT2D eigenvalue weighted by atomic mass is 10.2. The summed E-state index contributed by atoms with van der Waals surface area (Å²) in [6.45, 7) is 4.55. The van der Waals surface area contributed by atoms with Crippen LogP contribution in [0.2, 0.25) is 0 Å². The average molecular weight is 373 g/mol. The molecule has 1 heterocycles. The Balaban J connectivity index is 1.42. The average Bonchev–Trinajstić information content (AvgIpc) is 2.68. The van der Waals surface area contributed by atoms with E-state index in [2.05, 4.69) is 41.0 Å². The minimum Gasteiger partial charge on any atom is -0.497 e. The van der Waals surface area contributed by atoms with Crippen LogP contribution in [0.15, 0.2) is 54.6 Å². The van der Waals surface area contributed by atoms with Gasteiger partial charge in [0.05, 0.1) is 13.7 Å². The molecule has 138 valence electrons. The maximum atomic E-state index is 5.89. The van der Waals surface area contributed by atoms with E-state index >= 15 is 0 Å². The maximum Gasteiger partial charge on any atom is 0.170 e. The molecule has 0 spiro atoms. The van der Waals surface area contributed by atoms with Crippen molar-refractivity contribution in [3.8, 4) is 5.75 Å². The molecule has 5 nitrogen and oxygen atoms in total. The van der Waals surface area contributed by atoms with Crippen LogP contribution in [-0.2, 0) is 11.3 Å². The van der Waals surface area contributed by atoms with Gasteiger partial charge in [-0.15, -0.1) is 0 Å². The van der Waals surface area contributed by atoms with Crippen molar-refractivity contribution in [1.29, 1.82) is 0 Å². The normalized spacial score (nSPS) is 19.6. The summed E-state index contributed by atoms with van der Waals surface area (Å²) in [5.41, 5.74) is 2.30.